The van der Waals surface area contributed by atoms with E-state index in [0.717, 1.165) is 0 Å². The van der Waals surface area contributed by atoms with Crippen molar-refractivity contribution in [1.82, 2.24) is 0 Å². The van der Waals surface area contributed by atoms with Crippen LogP contribution in [0.4, 0.5) is 11.4 Å². The Morgan fingerprint density at radius 2 is 2.15 bits per heavy atom. The minimum atomic E-state index is -0.937. The van der Waals surface area contributed by atoms with Crippen LogP contribution in [-0.2, 0) is 4.79 Å². The molecule has 0 fully saturated rings. The van der Waals surface area contributed by atoms with Gasteiger partial charge in [0.1, 0.15) is 0 Å². The predicted octanol–water partition coefficient (Wildman–Crippen LogP) is 2.52. The minimum absolute atomic E-state index is 0.116. The number of aliphatic carboxylic acids is 1. The highest BCUT2D eigenvalue weighted by Crippen LogP contribution is 2.30. The normalized spacial score (nSPS) is 10.9. The van der Waals surface area contributed by atoms with E-state index in [1.807, 2.05) is 0 Å². The first-order chi connectivity index (χ1) is 9.27. The van der Waals surface area contributed by atoms with Crippen molar-refractivity contribution >= 4 is 17.3 Å². The molecule has 0 unspecified atom stereocenters. The van der Waals surface area contributed by atoms with Gasteiger partial charge in [0.25, 0.3) is 0 Å². The molecular formula is C13H18N2O5. The van der Waals surface area contributed by atoms with Gasteiger partial charge in [-0.25, -0.2) is 0 Å². The molecule has 0 heterocycles. The first kappa shape index (κ1) is 15.7. The van der Waals surface area contributed by atoms with Gasteiger partial charge in [0, 0.05) is 24.4 Å². The molecule has 0 radical (unpaired) electrons. The summed E-state index contributed by atoms with van der Waals surface area (Å²) in [6, 6.07) is 4.36. The molecule has 0 saturated carbocycles. The number of hydrogen-bond donors (Lipinski definition) is 2. The van der Waals surface area contributed by atoms with Crippen molar-refractivity contribution in [1.29, 1.82) is 0 Å². The number of hydrogen-bond acceptors (Lipinski definition) is 5. The molecule has 2 N–H and O–H groups in total. The summed E-state index contributed by atoms with van der Waals surface area (Å²) < 4.78 is 5.22. The first-order valence-corrected chi connectivity index (χ1v) is 6.16. The van der Waals surface area contributed by atoms with Gasteiger partial charge in [-0.05, 0) is 26.8 Å². The third-order valence-corrected chi connectivity index (χ3v) is 2.77. The molecule has 7 heteroatoms. The molecule has 7 nitrogen and oxygen atoms in total. The average molecular weight is 282 g/mol. The third kappa shape index (κ3) is 3.84. The summed E-state index contributed by atoms with van der Waals surface area (Å²) in [4.78, 5) is 21.3. The summed E-state index contributed by atoms with van der Waals surface area (Å²) in [5.41, 5.74) is -0.476. The topological polar surface area (TPSA) is 102 Å². The molecule has 0 aliphatic rings. The third-order valence-electron chi connectivity index (χ3n) is 2.77. The summed E-state index contributed by atoms with van der Waals surface area (Å²) in [5.74, 6) is -0.757. The number of rotatable bonds is 7. The smallest absolute Gasteiger partial charge is 0.311 e. The standard InChI is InChI=1S/C13H18N2O5/c1-4-20-11-7-9(5-6-10(11)15(18)19)14-8-13(2,3)12(16)17/h5-7,14H,4,8H2,1-3H3,(H,16,17). The molecule has 0 aromatic heterocycles. The van der Waals surface area contributed by atoms with Gasteiger partial charge in [0.2, 0.25) is 0 Å². The van der Waals surface area contributed by atoms with Crippen LogP contribution in [0.3, 0.4) is 0 Å². The van der Waals surface area contributed by atoms with Crippen molar-refractivity contribution in [2.45, 2.75) is 20.8 Å². The maximum Gasteiger partial charge on any atom is 0.311 e. The summed E-state index contributed by atoms with van der Waals surface area (Å²) >= 11 is 0. The number of anilines is 1. The van der Waals surface area contributed by atoms with Crippen LogP contribution in [0.2, 0.25) is 0 Å². The number of carboxylic acid groups (broad SMARTS) is 1. The summed E-state index contributed by atoms with van der Waals surface area (Å²) in [5, 5.41) is 22.8. The van der Waals surface area contributed by atoms with Crippen LogP contribution in [0.25, 0.3) is 0 Å². The van der Waals surface area contributed by atoms with Gasteiger partial charge in [0.15, 0.2) is 5.75 Å². The zero-order valence-electron chi connectivity index (χ0n) is 11.7. The van der Waals surface area contributed by atoms with Crippen molar-refractivity contribution in [3.63, 3.8) is 0 Å². The number of nitro groups is 1. The van der Waals surface area contributed by atoms with Gasteiger partial charge in [0.05, 0.1) is 16.9 Å². The van der Waals surface area contributed by atoms with Crippen molar-refractivity contribution in [2.24, 2.45) is 5.41 Å². The van der Waals surface area contributed by atoms with E-state index in [1.165, 1.54) is 18.2 Å². The van der Waals surface area contributed by atoms with Gasteiger partial charge in [-0.1, -0.05) is 0 Å². The zero-order chi connectivity index (χ0) is 15.3. The maximum absolute atomic E-state index is 11.0. The van der Waals surface area contributed by atoms with Crippen molar-refractivity contribution in [2.75, 3.05) is 18.5 Å². The molecule has 1 rings (SSSR count). The Balaban J connectivity index is 2.90. The molecule has 0 saturated heterocycles. The van der Waals surface area contributed by atoms with Crippen LogP contribution in [-0.4, -0.2) is 29.2 Å². The molecule has 110 valence electrons. The van der Waals surface area contributed by atoms with Gasteiger partial charge >= 0.3 is 11.7 Å². The highest BCUT2D eigenvalue weighted by Gasteiger charge is 2.27. The van der Waals surface area contributed by atoms with E-state index in [-0.39, 0.29) is 18.0 Å². The summed E-state index contributed by atoms with van der Waals surface area (Å²) in [6.07, 6.45) is 0. The number of carbonyl (C=O) groups is 1. The Bertz CT molecular complexity index is 513. The predicted molar refractivity (Wildman–Crippen MR) is 74.2 cm³/mol. The van der Waals surface area contributed by atoms with Crippen molar-refractivity contribution in [3.8, 4) is 5.75 Å². The van der Waals surface area contributed by atoms with E-state index in [9.17, 15) is 14.9 Å². The summed E-state index contributed by atoms with van der Waals surface area (Å²) in [7, 11) is 0. The molecular weight excluding hydrogens is 264 g/mol. The Morgan fingerprint density at radius 3 is 2.65 bits per heavy atom. The van der Waals surface area contributed by atoms with E-state index in [4.69, 9.17) is 9.84 Å². The number of carboxylic acids is 1. The molecule has 20 heavy (non-hydrogen) atoms. The Labute approximate surface area is 116 Å². The zero-order valence-corrected chi connectivity index (χ0v) is 11.7. The van der Waals surface area contributed by atoms with Crippen LogP contribution in [0.5, 0.6) is 5.75 Å². The number of nitrogens with one attached hydrogen (secondary N) is 1. The Hall–Kier alpha value is -2.31. The van der Waals surface area contributed by atoms with Gasteiger partial charge in [-0.15, -0.1) is 0 Å². The molecule has 0 atom stereocenters. The number of nitro benzene ring substituents is 1. The lowest BCUT2D eigenvalue weighted by molar-refractivity contribution is -0.385. The highest BCUT2D eigenvalue weighted by atomic mass is 16.6. The van der Waals surface area contributed by atoms with Crippen LogP contribution < -0.4 is 10.1 Å². The Morgan fingerprint density at radius 1 is 1.50 bits per heavy atom. The van der Waals surface area contributed by atoms with E-state index in [0.29, 0.717) is 12.3 Å². The Kier molecular flexibility index (Phi) is 4.90. The second-order valence-electron chi connectivity index (χ2n) is 4.92. The lowest BCUT2D eigenvalue weighted by atomic mass is 9.94. The fourth-order valence-electron chi connectivity index (χ4n) is 1.44. The van der Waals surface area contributed by atoms with E-state index >= 15 is 0 Å². The second-order valence-corrected chi connectivity index (χ2v) is 4.92. The maximum atomic E-state index is 11.0. The van der Waals surface area contributed by atoms with Gasteiger partial charge in [-0.3, -0.25) is 14.9 Å². The first-order valence-electron chi connectivity index (χ1n) is 6.16. The van der Waals surface area contributed by atoms with Crippen LogP contribution >= 0.6 is 0 Å². The van der Waals surface area contributed by atoms with E-state index in [1.54, 1.807) is 20.8 Å². The van der Waals surface area contributed by atoms with Gasteiger partial charge in [-0.2, -0.15) is 0 Å². The molecule has 1 aromatic rings. The SMILES string of the molecule is CCOc1cc(NCC(C)(C)C(=O)O)ccc1[N+](=O)[O-]. The van der Waals surface area contributed by atoms with E-state index in [2.05, 4.69) is 5.32 Å². The second kappa shape index (κ2) is 6.23. The van der Waals surface area contributed by atoms with E-state index < -0.39 is 16.3 Å². The molecule has 0 aliphatic carbocycles. The highest BCUT2D eigenvalue weighted by molar-refractivity contribution is 5.74. The number of ether oxygens (including phenoxy) is 1. The molecule has 1 aromatic carbocycles. The number of benzene rings is 1. The van der Waals surface area contributed by atoms with Crippen molar-refractivity contribution < 1.29 is 19.6 Å². The lowest BCUT2D eigenvalue weighted by Gasteiger charge is -2.20. The summed E-state index contributed by atoms with van der Waals surface area (Å²) in [6.45, 7) is 5.43. The van der Waals surface area contributed by atoms with Gasteiger partial charge < -0.3 is 15.2 Å². The monoisotopic (exact) mass is 282 g/mol. The minimum Gasteiger partial charge on any atom is -0.487 e. The van der Waals surface area contributed by atoms with Crippen LogP contribution in [0, 0.1) is 15.5 Å². The van der Waals surface area contributed by atoms with Crippen LogP contribution in [0.1, 0.15) is 20.8 Å². The van der Waals surface area contributed by atoms with Crippen molar-refractivity contribution in [3.05, 3.63) is 28.3 Å². The number of nitrogens with zero attached hydrogens (tertiary/aromatic N) is 1. The molecule has 0 spiro atoms. The molecule has 0 amide bonds. The fourth-order valence-corrected chi connectivity index (χ4v) is 1.44. The van der Waals surface area contributed by atoms with Crippen LogP contribution in [0.15, 0.2) is 18.2 Å². The quantitative estimate of drug-likeness (QED) is 0.588. The largest absolute Gasteiger partial charge is 0.487 e. The fraction of sp³-hybridized carbons (Fsp3) is 0.462. The average Bonchev–Trinajstić information content (AvgIpc) is 2.36. The lowest BCUT2D eigenvalue weighted by Crippen LogP contribution is -2.31. The molecule has 0 bridgehead atoms. The molecule has 0 aliphatic heterocycles.